The lowest BCUT2D eigenvalue weighted by molar-refractivity contribution is 0.201. The SMILES string of the molecule is CCCCCCCCC/C=C/CCCCCc1ccccc1OCC1(C)CO1. The molecule has 0 saturated carbocycles. The molecule has 0 radical (unpaired) electrons. The Morgan fingerprint density at radius 1 is 0.893 bits per heavy atom. The number of hydrogen-bond donors (Lipinski definition) is 0. The maximum Gasteiger partial charge on any atom is 0.123 e. The highest BCUT2D eigenvalue weighted by Crippen LogP contribution is 2.28. The number of unbranched alkanes of at least 4 members (excludes halogenated alkanes) is 10. The van der Waals surface area contributed by atoms with Crippen molar-refractivity contribution in [1.29, 1.82) is 0 Å². The first-order valence-corrected chi connectivity index (χ1v) is 11.7. The van der Waals surface area contributed by atoms with E-state index >= 15 is 0 Å². The quantitative estimate of drug-likeness (QED) is 0.156. The van der Waals surface area contributed by atoms with Crippen LogP contribution < -0.4 is 4.74 Å². The van der Waals surface area contributed by atoms with Crippen LogP contribution in [0.3, 0.4) is 0 Å². The molecule has 0 bridgehead atoms. The summed E-state index contributed by atoms with van der Waals surface area (Å²) < 4.78 is 11.4. The molecule has 1 fully saturated rings. The Kier molecular flexibility index (Phi) is 11.4. The number of hydrogen-bond acceptors (Lipinski definition) is 2. The van der Waals surface area contributed by atoms with Crippen molar-refractivity contribution in [1.82, 2.24) is 0 Å². The van der Waals surface area contributed by atoms with Gasteiger partial charge in [-0.1, -0.05) is 82.2 Å². The molecular formula is C26H42O2. The van der Waals surface area contributed by atoms with Crippen LogP contribution in [0.25, 0.3) is 0 Å². The molecule has 2 nitrogen and oxygen atoms in total. The van der Waals surface area contributed by atoms with Gasteiger partial charge in [-0.2, -0.15) is 0 Å². The van der Waals surface area contributed by atoms with E-state index in [9.17, 15) is 0 Å². The number of epoxide rings is 1. The van der Waals surface area contributed by atoms with Gasteiger partial charge in [-0.25, -0.2) is 0 Å². The fraction of sp³-hybridized carbons (Fsp3) is 0.692. The molecule has 1 saturated heterocycles. The summed E-state index contributed by atoms with van der Waals surface area (Å²) in [5.41, 5.74) is 1.29. The molecule has 2 rings (SSSR count). The molecule has 1 atom stereocenters. The topological polar surface area (TPSA) is 21.8 Å². The van der Waals surface area contributed by atoms with Gasteiger partial charge in [0, 0.05) is 0 Å². The van der Waals surface area contributed by atoms with Gasteiger partial charge in [0.2, 0.25) is 0 Å². The van der Waals surface area contributed by atoms with Crippen LogP contribution in [-0.2, 0) is 11.2 Å². The Morgan fingerprint density at radius 2 is 1.50 bits per heavy atom. The van der Waals surface area contributed by atoms with Crippen molar-refractivity contribution in [3.8, 4) is 5.75 Å². The van der Waals surface area contributed by atoms with Gasteiger partial charge in [0.05, 0.1) is 6.61 Å². The van der Waals surface area contributed by atoms with Crippen LogP contribution in [0.15, 0.2) is 36.4 Å². The molecule has 0 N–H and O–H groups in total. The lowest BCUT2D eigenvalue weighted by Gasteiger charge is -2.13. The highest BCUT2D eigenvalue weighted by molar-refractivity contribution is 5.33. The summed E-state index contributed by atoms with van der Waals surface area (Å²) in [6.45, 7) is 5.87. The van der Waals surface area contributed by atoms with E-state index < -0.39 is 0 Å². The Balaban J connectivity index is 1.46. The maximum atomic E-state index is 6.00. The zero-order chi connectivity index (χ0) is 19.9. The zero-order valence-corrected chi connectivity index (χ0v) is 18.4. The Bertz CT molecular complexity index is 545. The van der Waals surface area contributed by atoms with Gasteiger partial charge < -0.3 is 9.47 Å². The molecule has 0 aromatic heterocycles. The zero-order valence-electron chi connectivity index (χ0n) is 18.4. The smallest absolute Gasteiger partial charge is 0.123 e. The second kappa shape index (κ2) is 13.8. The number of aryl methyl sites for hydroxylation is 1. The summed E-state index contributed by atoms with van der Waals surface area (Å²) in [6, 6.07) is 8.47. The normalized spacial score (nSPS) is 18.6. The first-order valence-electron chi connectivity index (χ1n) is 11.7. The van der Waals surface area contributed by atoms with Crippen molar-refractivity contribution in [2.75, 3.05) is 13.2 Å². The molecule has 0 aliphatic carbocycles. The fourth-order valence-corrected chi connectivity index (χ4v) is 3.50. The van der Waals surface area contributed by atoms with Crippen LogP contribution in [0.2, 0.25) is 0 Å². The molecule has 0 spiro atoms. The van der Waals surface area contributed by atoms with Gasteiger partial charge in [0.1, 0.15) is 18.0 Å². The number of ether oxygens (including phenoxy) is 2. The average molecular weight is 387 g/mol. The lowest BCUT2D eigenvalue weighted by Crippen LogP contribution is -2.17. The van der Waals surface area contributed by atoms with Gasteiger partial charge >= 0.3 is 0 Å². The minimum absolute atomic E-state index is 0.0471. The second-order valence-electron chi connectivity index (χ2n) is 8.62. The molecule has 0 amide bonds. The van der Waals surface area contributed by atoms with E-state index in [1.165, 1.54) is 82.6 Å². The summed E-state index contributed by atoms with van der Waals surface area (Å²) in [5.74, 6) is 1.04. The minimum atomic E-state index is -0.0471. The molecule has 28 heavy (non-hydrogen) atoms. The van der Waals surface area contributed by atoms with Crippen LogP contribution in [-0.4, -0.2) is 18.8 Å². The molecule has 1 aliphatic heterocycles. The average Bonchev–Trinajstić information content (AvgIpc) is 3.45. The van der Waals surface area contributed by atoms with Crippen molar-refractivity contribution in [2.45, 2.75) is 103 Å². The third-order valence-electron chi connectivity index (χ3n) is 5.60. The number of rotatable bonds is 17. The summed E-state index contributed by atoms with van der Waals surface area (Å²) in [4.78, 5) is 0. The largest absolute Gasteiger partial charge is 0.490 e. The molecule has 1 aromatic rings. The van der Waals surface area contributed by atoms with Gasteiger partial charge in [0.15, 0.2) is 0 Å². The van der Waals surface area contributed by atoms with Crippen LogP contribution >= 0.6 is 0 Å². The van der Waals surface area contributed by atoms with Crippen molar-refractivity contribution < 1.29 is 9.47 Å². The molecule has 1 unspecified atom stereocenters. The van der Waals surface area contributed by atoms with Gasteiger partial charge in [-0.3, -0.25) is 0 Å². The summed E-state index contributed by atoms with van der Waals surface area (Å²) in [5, 5.41) is 0. The summed E-state index contributed by atoms with van der Waals surface area (Å²) >= 11 is 0. The predicted molar refractivity (Wildman–Crippen MR) is 120 cm³/mol. The van der Waals surface area contributed by atoms with E-state index in [0.717, 1.165) is 18.8 Å². The van der Waals surface area contributed by atoms with E-state index in [1.54, 1.807) is 0 Å². The first kappa shape index (κ1) is 23.0. The number of allylic oxidation sites excluding steroid dienone is 2. The predicted octanol–water partition coefficient (Wildman–Crippen LogP) is 7.65. The third kappa shape index (κ3) is 10.3. The summed E-state index contributed by atoms with van der Waals surface area (Å²) in [7, 11) is 0. The second-order valence-corrected chi connectivity index (χ2v) is 8.62. The van der Waals surface area contributed by atoms with E-state index in [1.807, 2.05) is 0 Å². The van der Waals surface area contributed by atoms with Gasteiger partial charge in [0.25, 0.3) is 0 Å². The molecule has 158 valence electrons. The van der Waals surface area contributed by atoms with Crippen LogP contribution in [0.5, 0.6) is 5.75 Å². The standard InChI is InChI=1S/C26H42O2/c1-3-4-5-6-7-8-9-10-11-12-13-14-15-16-19-24-20-17-18-21-25(24)27-22-26(2)23-28-26/h11-12,17-18,20-21H,3-10,13-16,19,22-23H2,1-2H3/b12-11+. The van der Waals surface area contributed by atoms with Crippen LogP contribution in [0, 0.1) is 0 Å². The molecule has 1 aromatic carbocycles. The minimum Gasteiger partial charge on any atom is -0.490 e. The number of benzene rings is 1. The number of para-hydroxylation sites is 1. The Labute approximate surface area is 173 Å². The van der Waals surface area contributed by atoms with E-state index in [0.29, 0.717) is 6.61 Å². The molecule has 1 aliphatic rings. The monoisotopic (exact) mass is 386 g/mol. The van der Waals surface area contributed by atoms with Gasteiger partial charge in [-0.15, -0.1) is 0 Å². The highest BCUT2D eigenvalue weighted by atomic mass is 16.6. The molecular weight excluding hydrogens is 344 g/mol. The van der Waals surface area contributed by atoms with Crippen molar-refractivity contribution in [3.05, 3.63) is 42.0 Å². The fourth-order valence-electron chi connectivity index (χ4n) is 3.50. The van der Waals surface area contributed by atoms with Crippen molar-refractivity contribution in [3.63, 3.8) is 0 Å². The van der Waals surface area contributed by atoms with E-state index in [2.05, 4.69) is 50.3 Å². The van der Waals surface area contributed by atoms with E-state index in [-0.39, 0.29) is 5.60 Å². The van der Waals surface area contributed by atoms with Crippen molar-refractivity contribution in [2.24, 2.45) is 0 Å². The van der Waals surface area contributed by atoms with Crippen molar-refractivity contribution >= 4 is 0 Å². The lowest BCUT2D eigenvalue weighted by atomic mass is 10.0. The first-order chi connectivity index (χ1) is 13.7. The molecule has 1 heterocycles. The highest BCUT2D eigenvalue weighted by Gasteiger charge is 2.40. The summed E-state index contributed by atoms with van der Waals surface area (Å²) in [6.07, 6.45) is 22.0. The third-order valence-corrected chi connectivity index (χ3v) is 5.60. The Morgan fingerprint density at radius 3 is 2.18 bits per heavy atom. The Hall–Kier alpha value is -1.28. The van der Waals surface area contributed by atoms with E-state index in [4.69, 9.17) is 9.47 Å². The van der Waals surface area contributed by atoms with Crippen LogP contribution in [0.4, 0.5) is 0 Å². The molecule has 2 heteroatoms. The van der Waals surface area contributed by atoms with Crippen LogP contribution in [0.1, 0.15) is 96.5 Å². The maximum absolute atomic E-state index is 6.00. The van der Waals surface area contributed by atoms with Gasteiger partial charge in [-0.05, 0) is 57.1 Å².